The van der Waals surface area contributed by atoms with E-state index in [0.29, 0.717) is 16.8 Å². The molecule has 0 fully saturated rings. The highest BCUT2D eigenvalue weighted by Gasteiger charge is 2.16. The minimum Gasteiger partial charge on any atom is -0.423 e. The van der Waals surface area contributed by atoms with Gasteiger partial charge in [-0.3, -0.25) is 9.59 Å². The Labute approximate surface area is 224 Å². The fraction of sp³-hybridized carbons (Fsp3) is 0.0333. The van der Waals surface area contributed by atoms with Crippen LogP contribution in [0.5, 0.6) is 11.5 Å². The summed E-state index contributed by atoms with van der Waals surface area (Å²) in [6, 6.07) is 28.0. The van der Waals surface area contributed by atoms with E-state index in [1.54, 1.807) is 84.9 Å². The number of hydrogen-bond acceptors (Lipinski definition) is 7. The molecule has 0 saturated carbocycles. The van der Waals surface area contributed by atoms with Gasteiger partial charge in [0.1, 0.15) is 11.5 Å². The molecule has 0 spiro atoms. The van der Waals surface area contributed by atoms with Crippen molar-refractivity contribution in [3.63, 3.8) is 0 Å². The molecule has 0 saturated heterocycles. The molecule has 2 amide bonds. The van der Waals surface area contributed by atoms with Gasteiger partial charge < -0.3 is 14.8 Å². The molecule has 4 aromatic carbocycles. The smallest absolute Gasteiger partial charge is 0.343 e. The quantitative estimate of drug-likeness (QED) is 0.121. The van der Waals surface area contributed by atoms with Gasteiger partial charge in [0.15, 0.2) is 0 Å². The summed E-state index contributed by atoms with van der Waals surface area (Å²) in [6.07, 6.45) is 1.20. The van der Waals surface area contributed by atoms with Gasteiger partial charge in [0.05, 0.1) is 17.3 Å². The number of aryl methyl sites for hydroxylation is 1. The van der Waals surface area contributed by atoms with E-state index in [4.69, 9.17) is 9.47 Å². The number of anilines is 1. The summed E-state index contributed by atoms with van der Waals surface area (Å²) in [5.74, 6) is -3.01. The van der Waals surface area contributed by atoms with Crippen molar-refractivity contribution < 1.29 is 28.7 Å². The van der Waals surface area contributed by atoms with Crippen LogP contribution < -0.4 is 20.2 Å². The summed E-state index contributed by atoms with van der Waals surface area (Å²) < 4.78 is 11.0. The number of esters is 2. The molecule has 194 valence electrons. The van der Waals surface area contributed by atoms with Crippen molar-refractivity contribution in [3.8, 4) is 11.5 Å². The summed E-state index contributed by atoms with van der Waals surface area (Å²) in [4.78, 5) is 49.5. The van der Waals surface area contributed by atoms with E-state index in [1.165, 1.54) is 24.4 Å². The average Bonchev–Trinajstić information content (AvgIpc) is 2.96. The normalized spacial score (nSPS) is 10.5. The summed E-state index contributed by atoms with van der Waals surface area (Å²) in [7, 11) is 0. The van der Waals surface area contributed by atoms with Crippen molar-refractivity contribution in [1.82, 2.24) is 5.43 Å². The summed E-state index contributed by atoms with van der Waals surface area (Å²) in [6.45, 7) is 1.90. The maximum Gasteiger partial charge on any atom is 0.343 e. The summed E-state index contributed by atoms with van der Waals surface area (Å²) in [5.41, 5.74) is 4.52. The monoisotopic (exact) mass is 521 g/mol. The number of carbonyl (C=O) groups excluding carboxylic acids is 4. The molecule has 2 N–H and O–H groups in total. The van der Waals surface area contributed by atoms with Crippen LogP contribution in [0.15, 0.2) is 108 Å². The highest BCUT2D eigenvalue weighted by molar-refractivity contribution is 6.39. The lowest BCUT2D eigenvalue weighted by Crippen LogP contribution is -2.32. The fourth-order valence-corrected chi connectivity index (χ4v) is 3.28. The van der Waals surface area contributed by atoms with Crippen LogP contribution in [-0.4, -0.2) is 30.0 Å². The Morgan fingerprint density at radius 1 is 0.692 bits per heavy atom. The van der Waals surface area contributed by atoms with E-state index >= 15 is 0 Å². The molecule has 0 bridgehead atoms. The van der Waals surface area contributed by atoms with Crippen molar-refractivity contribution in [3.05, 3.63) is 125 Å². The van der Waals surface area contributed by atoms with Crippen molar-refractivity contribution in [2.45, 2.75) is 6.92 Å². The number of hydrogen-bond donors (Lipinski definition) is 2. The van der Waals surface area contributed by atoms with Gasteiger partial charge in [-0.05, 0) is 55.5 Å². The first-order valence-electron chi connectivity index (χ1n) is 11.8. The van der Waals surface area contributed by atoms with Crippen LogP contribution in [-0.2, 0) is 9.59 Å². The molecule has 4 rings (SSSR count). The van der Waals surface area contributed by atoms with Crippen LogP contribution in [0.4, 0.5) is 5.69 Å². The maximum atomic E-state index is 12.7. The minimum atomic E-state index is -0.997. The Balaban J connectivity index is 1.49. The van der Waals surface area contributed by atoms with E-state index in [1.807, 2.05) is 6.92 Å². The van der Waals surface area contributed by atoms with Crippen LogP contribution in [0.3, 0.4) is 0 Å². The predicted octanol–water partition coefficient (Wildman–Crippen LogP) is 4.52. The number of rotatable bonds is 7. The molecule has 0 aliphatic heterocycles. The maximum absolute atomic E-state index is 12.7. The zero-order valence-corrected chi connectivity index (χ0v) is 20.8. The molecule has 39 heavy (non-hydrogen) atoms. The second kappa shape index (κ2) is 12.6. The molecule has 0 heterocycles. The van der Waals surface area contributed by atoms with Gasteiger partial charge in [-0.1, -0.05) is 54.1 Å². The van der Waals surface area contributed by atoms with Crippen molar-refractivity contribution >= 4 is 35.7 Å². The van der Waals surface area contributed by atoms with E-state index in [0.717, 1.165) is 5.56 Å². The summed E-state index contributed by atoms with van der Waals surface area (Å²) in [5, 5.41) is 6.28. The second-order valence-electron chi connectivity index (χ2n) is 8.23. The zero-order chi connectivity index (χ0) is 27.6. The molecule has 0 radical (unpaired) electrons. The molecule has 4 aromatic rings. The number of carbonyl (C=O) groups is 4. The molecule has 9 nitrogen and oxygen atoms in total. The Morgan fingerprint density at radius 2 is 1.28 bits per heavy atom. The van der Waals surface area contributed by atoms with E-state index < -0.39 is 23.8 Å². The third kappa shape index (κ3) is 7.46. The van der Waals surface area contributed by atoms with Crippen LogP contribution >= 0.6 is 0 Å². The highest BCUT2D eigenvalue weighted by atomic mass is 16.5. The number of hydrazone groups is 1. The van der Waals surface area contributed by atoms with Gasteiger partial charge in [0.25, 0.3) is 0 Å². The number of amides is 2. The van der Waals surface area contributed by atoms with Crippen molar-refractivity contribution in [2.75, 3.05) is 5.32 Å². The fourth-order valence-electron chi connectivity index (χ4n) is 3.28. The Hall–Kier alpha value is -5.57. The van der Waals surface area contributed by atoms with Crippen LogP contribution in [0.2, 0.25) is 0 Å². The van der Waals surface area contributed by atoms with E-state index in [9.17, 15) is 19.2 Å². The van der Waals surface area contributed by atoms with Crippen LogP contribution in [0.1, 0.15) is 31.8 Å². The highest BCUT2D eigenvalue weighted by Crippen LogP contribution is 2.26. The largest absolute Gasteiger partial charge is 0.423 e. The van der Waals surface area contributed by atoms with E-state index in [-0.39, 0.29) is 17.1 Å². The molecule has 0 aliphatic rings. The Kier molecular flexibility index (Phi) is 8.56. The van der Waals surface area contributed by atoms with Gasteiger partial charge in [-0.2, -0.15) is 5.10 Å². The number of ether oxygens (including phenoxy) is 2. The van der Waals surface area contributed by atoms with Gasteiger partial charge >= 0.3 is 23.8 Å². The van der Waals surface area contributed by atoms with Crippen molar-refractivity contribution in [2.24, 2.45) is 5.10 Å². The van der Waals surface area contributed by atoms with Gasteiger partial charge in [-0.15, -0.1) is 0 Å². The van der Waals surface area contributed by atoms with Gasteiger partial charge in [0, 0.05) is 17.3 Å². The van der Waals surface area contributed by atoms with Crippen LogP contribution in [0, 0.1) is 6.92 Å². The lowest BCUT2D eigenvalue weighted by molar-refractivity contribution is -0.136. The molecule has 9 heteroatoms. The molecule has 0 unspecified atom stereocenters. The lowest BCUT2D eigenvalue weighted by atomic mass is 10.2. The SMILES string of the molecule is Cc1ccc(NC(=O)C(=O)N/N=C/c2ccc(OC(=O)c3ccccc3)cc2OC(=O)c2ccccc2)cc1. The number of nitrogens with one attached hydrogen (secondary N) is 2. The second-order valence-corrected chi connectivity index (χ2v) is 8.23. The Bertz CT molecular complexity index is 1520. The van der Waals surface area contributed by atoms with Gasteiger partial charge in [0.2, 0.25) is 0 Å². The third-order valence-corrected chi connectivity index (χ3v) is 5.30. The van der Waals surface area contributed by atoms with Crippen LogP contribution in [0.25, 0.3) is 0 Å². The first-order chi connectivity index (χ1) is 18.9. The Morgan fingerprint density at radius 3 is 1.90 bits per heavy atom. The molecule has 0 atom stereocenters. The molecular formula is C30H23N3O6. The lowest BCUT2D eigenvalue weighted by Gasteiger charge is -2.10. The minimum absolute atomic E-state index is 0.0179. The van der Waals surface area contributed by atoms with E-state index in [2.05, 4.69) is 15.8 Å². The molecule has 0 aliphatic carbocycles. The topological polar surface area (TPSA) is 123 Å². The molecule has 0 aromatic heterocycles. The predicted molar refractivity (Wildman–Crippen MR) is 145 cm³/mol. The van der Waals surface area contributed by atoms with Crippen molar-refractivity contribution in [1.29, 1.82) is 0 Å². The third-order valence-electron chi connectivity index (χ3n) is 5.30. The number of benzene rings is 4. The average molecular weight is 522 g/mol. The zero-order valence-electron chi connectivity index (χ0n) is 20.8. The van der Waals surface area contributed by atoms with Gasteiger partial charge in [-0.25, -0.2) is 15.0 Å². The standard InChI is InChI=1S/C30H23N3O6/c1-20-12-15-24(16-13-20)32-27(34)28(35)33-31-19-23-14-17-25(38-29(36)21-8-4-2-5-9-21)18-26(23)39-30(37)22-10-6-3-7-11-22/h2-19H,1H3,(H,32,34)(H,33,35)/b31-19+. The summed E-state index contributed by atoms with van der Waals surface area (Å²) >= 11 is 0. The molecular weight excluding hydrogens is 498 g/mol. The first-order valence-corrected chi connectivity index (χ1v) is 11.8. The number of nitrogens with zero attached hydrogens (tertiary/aromatic N) is 1. The first kappa shape index (κ1) is 26.5.